The molecule has 0 saturated carbocycles. The minimum absolute atomic E-state index is 0. The zero-order valence-electron chi connectivity index (χ0n) is 16.3. The average Bonchev–Trinajstić information content (AvgIpc) is 2.66. The van der Waals surface area contributed by atoms with E-state index >= 15 is 0 Å². The van der Waals surface area contributed by atoms with Crippen LogP contribution < -0.4 is 15.2 Å². The second kappa shape index (κ2) is 8.09. The molecule has 4 rings (SSSR count). The fourth-order valence-corrected chi connectivity index (χ4v) is 4.64. The van der Waals surface area contributed by atoms with Crippen LogP contribution in [0.2, 0.25) is 0 Å². The van der Waals surface area contributed by atoms with Crippen LogP contribution in [0, 0.1) is 6.92 Å². The Kier molecular flexibility index (Phi) is 5.99. The number of ether oxygens (including phenoxy) is 2. The molecule has 2 aliphatic rings. The smallest absolute Gasteiger partial charge is 0.161 e. The number of nitrogens with zero attached hydrogens (tertiary/aromatic N) is 1. The molecule has 0 aromatic heterocycles. The number of fused-ring (bicyclic) bond motifs is 3. The van der Waals surface area contributed by atoms with Gasteiger partial charge >= 0.3 is 0 Å². The largest absolute Gasteiger partial charge is 0.493 e. The molecule has 4 nitrogen and oxygen atoms in total. The summed E-state index contributed by atoms with van der Waals surface area (Å²) in [4.78, 5) is 2.60. The number of hydrogen-bond donors (Lipinski definition) is 1. The Hall–Kier alpha value is -1.75. The zero-order chi connectivity index (χ0) is 18.3. The second-order valence-electron chi connectivity index (χ2n) is 7.59. The lowest BCUT2D eigenvalue weighted by molar-refractivity contribution is 0.109. The van der Waals surface area contributed by atoms with E-state index in [1.165, 1.54) is 22.3 Å². The van der Waals surface area contributed by atoms with Gasteiger partial charge in [-0.25, -0.2) is 0 Å². The first-order valence-corrected chi connectivity index (χ1v) is 9.41. The first-order chi connectivity index (χ1) is 12.6. The molecule has 5 heteroatoms. The van der Waals surface area contributed by atoms with Gasteiger partial charge < -0.3 is 15.2 Å². The van der Waals surface area contributed by atoms with Crippen LogP contribution in [0.15, 0.2) is 36.4 Å². The maximum atomic E-state index is 6.67. The molecule has 1 unspecified atom stereocenters. The van der Waals surface area contributed by atoms with Gasteiger partial charge in [-0.3, -0.25) is 4.90 Å². The van der Waals surface area contributed by atoms with Gasteiger partial charge in [0.15, 0.2) is 11.5 Å². The molecule has 0 radical (unpaired) electrons. The van der Waals surface area contributed by atoms with Gasteiger partial charge in [0.2, 0.25) is 0 Å². The summed E-state index contributed by atoms with van der Waals surface area (Å²) in [6, 6.07) is 13.6. The molecule has 3 atom stereocenters. The molecule has 27 heavy (non-hydrogen) atoms. The Labute approximate surface area is 168 Å². The van der Waals surface area contributed by atoms with E-state index in [0.29, 0.717) is 12.0 Å². The molecular formula is C22H29ClN2O2. The lowest BCUT2D eigenvalue weighted by Crippen LogP contribution is -2.49. The number of methoxy groups -OCH3 is 2. The number of aryl methyl sites for hydroxylation is 1. The highest BCUT2D eigenvalue weighted by Gasteiger charge is 2.38. The van der Waals surface area contributed by atoms with E-state index < -0.39 is 0 Å². The summed E-state index contributed by atoms with van der Waals surface area (Å²) >= 11 is 0. The van der Waals surface area contributed by atoms with Crippen molar-refractivity contribution >= 4 is 12.4 Å². The highest BCUT2D eigenvalue weighted by atomic mass is 35.5. The van der Waals surface area contributed by atoms with Crippen LogP contribution in [0.4, 0.5) is 0 Å². The fraction of sp³-hybridized carbons (Fsp3) is 0.455. The fourth-order valence-electron chi connectivity index (χ4n) is 4.64. The van der Waals surface area contributed by atoms with Gasteiger partial charge in [0.05, 0.1) is 14.2 Å². The Morgan fingerprint density at radius 2 is 1.81 bits per heavy atom. The lowest BCUT2D eigenvalue weighted by Gasteiger charge is -2.46. The van der Waals surface area contributed by atoms with Gasteiger partial charge in [0.1, 0.15) is 0 Å². The zero-order valence-corrected chi connectivity index (χ0v) is 17.1. The number of benzene rings is 2. The van der Waals surface area contributed by atoms with Gasteiger partial charge in [-0.1, -0.05) is 29.8 Å². The van der Waals surface area contributed by atoms with E-state index in [4.69, 9.17) is 15.2 Å². The van der Waals surface area contributed by atoms with Crippen LogP contribution >= 0.6 is 12.4 Å². The molecule has 0 bridgehead atoms. The number of hydrogen-bond acceptors (Lipinski definition) is 4. The molecule has 0 amide bonds. The molecule has 2 aromatic carbocycles. The monoisotopic (exact) mass is 388 g/mol. The third kappa shape index (κ3) is 3.66. The highest BCUT2D eigenvalue weighted by molar-refractivity contribution is 5.85. The normalized spacial score (nSPS) is 24.4. The van der Waals surface area contributed by atoms with E-state index in [9.17, 15) is 0 Å². The van der Waals surface area contributed by atoms with Crippen LogP contribution in [0.25, 0.3) is 0 Å². The molecule has 2 aliphatic heterocycles. The van der Waals surface area contributed by atoms with Gasteiger partial charge in [0, 0.05) is 31.1 Å². The highest BCUT2D eigenvalue weighted by Crippen LogP contribution is 2.44. The lowest BCUT2D eigenvalue weighted by atomic mass is 9.78. The predicted molar refractivity (Wildman–Crippen MR) is 111 cm³/mol. The van der Waals surface area contributed by atoms with Gasteiger partial charge in [-0.05, 0) is 48.6 Å². The minimum atomic E-state index is 0. The van der Waals surface area contributed by atoms with Crippen LogP contribution in [-0.2, 0) is 6.42 Å². The quantitative estimate of drug-likeness (QED) is 0.867. The van der Waals surface area contributed by atoms with Crippen molar-refractivity contribution in [1.82, 2.24) is 4.90 Å². The van der Waals surface area contributed by atoms with E-state index in [1.54, 1.807) is 14.2 Å². The van der Waals surface area contributed by atoms with Gasteiger partial charge in [-0.15, -0.1) is 12.4 Å². The van der Waals surface area contributed by atoms with E-state index in [-0.39, 0.29) is 18.4 Å². The first kappa shape index (κ1) is 20.0. The molecule has 2 N–H and O–H groups in total. The number of halogens is 1. The summed E-state index contributed by atoms with van der Waals surface area (Å²) in [7, 11) is 3.40. The van der Waals surface area contributed by atoms with Gasteiger partial charge in [-0.2, -0.15) is 0 Å². The van der Waals surface area contributed by atoms with Gasteiger partial charge in [0.25, 0.3) is 0 Å². The van der Waals surface area contributed by atoms with Crippen LogP contribution in [0.5, 0.6) is 11.5 Å². The molecule has 1 saturated heterocycles. The van der Waals surface area contributed by atoms with Crippen molar-refractivity contribution in [3.8, 4) is 11.5 Å². The van der Waals surface area contributed by atoms with E-state index in [0.717, 1.165) is 37.4 Å². The van der Waals surface area contributed by atoms with E-state index in [2.05, 4.69) is 48.2 Å². The Morgan fingerprint density at radius 3 is 2.52 bits per heavy atom. The summed E-state index contributed by atoms with van der Waals surface area (Å²) in [5.74, 6) is 2.02. The summed E-state index contributed by atoms with van der Waals surface area (Å²) in [6.45, 7) is 4.24. The van der Waals surface area contributed by atoms with Crippen LogP contribution in [0.3, 0.4) is 0 Å². The third-order valence-corrected chi connectivity index (χ3v) is 6.03. The molecule has 0 aliphatic carbocycles. The Bertz CT molecular complexity index is 811. The molecule has 1 fully saturated rings. The summed E-state index contributed by atoms with van der Waals surface area (Å²) in [5.41, 5.74) is 12.1. The molecular weight excluding hydrogens is 360 g/mol. The number of piperidine rings is 1. The summed E-state index contributed by atoms with van der Waals surface area (Å²) in [5, 5.41) is 0. The number of rotatable bonds is 3. The van der Waals surface area contributed by atoms with Crippen molar-refractivity contribution in [2.45, 2.75) is 37.8 Å². The predicted octanol–water partition coefficient (Wildman–Crippen LogP) is 3.85. The second-order valence-corrected chi connectivity index (χ2v) is 7.59. The standard InChI is InChI=1S/C22H28N2O2.ClH/c1-14-5-4-6-15(9-14)18-13-24-8-7-16-10-21(25-2)22(26-3)11-17(16)20(24)12-19(18)23;/h4-6,9-11,18-20H,7-8,12-13,23H2,1-3H3;1H/t18-,19?,20+;/m1./s1. The average molecular weight is 389 g/mol. The molecule has 0 spiro atoms. The van der Waals surface area contributed by atoms with Crippen molar-refractivity contribution in [1.29, 1.82) is 0 Å². The van der Waals surface area contributed by atoms with Crippen molar-refractivity contribution in [3.63, 3.8) is 0 Å². The topological polar surface area (TPSA) is 47.7 Å². The molecule has 2 heterocycles. The van der Waals surface area contributed by atoms with E-state index in [1.807, 2.05) is 0 Å². The number of nitrogens with two attached hydrogens (primary N) is 1. The summed E-state index contributed by atoms with van der Waals surface area (Å²) in [6.07, 6.45) is 2.02. The van der Waals surface area contributed by atoms with Crippen molar-refractivity contribution in [2.75, 3.05) is 27.3 Å². The maximum Gasteiger partial charge on any atom is 0.161 e. The third-order valence-electron chi connectivity index (χ3n) is 6.03. The van der Waals surface area contributed by atoms with Crippen molar-refractivity contribution in [3.05, 3.63) is 58.7 Å². The first-order valence-electron chi connectivity index (χ1n) is 9.41. The van der Waals surface area contributed by atoms with Crippen molar-refractivity contribution < 1.29 is 9.47 Å². The minimum Gasteiger partial charge on any atom is -0.493 e. The van der Waals surface area contributed by atoms with Crippen LogP contribution in [-0.4, -0.2) is 38.3 Å². The Balaban J connectivity index is 0.00000210. The molecule has 146 valence electrons. The summed E-state index contributed by atoms with van der Waals surface area (Å²) < 4.78 is 11.0. The van der Waals surface area contributed by atoms with Crippen molar-refractivity contribution in [2.24, 2.45) is 5.73 Å². The van der Waals surface area contributed by atoms with Crippen LogP contribution in [0.1, 0.15) is 40.6 Å². The molecule has 2 aromatic rings. The SMILES string of the molecule is COc1cc2c(cc1OC)[C@@H]1CC(N)[C@@H](c3cccc(C)c3)CN1CC2.Cl. The Morgan fingerprint density at radius 1 is 1.07 bits per heavy atom. The maximum absolute atomic E-state index is 6.67.